The van der Waals surface area contributed by atoms with Crippen molar-refractivity contribution in [2.24, 2.45) is 9.98 Å². The number of hydrogen-bond donors (Lipinski definition) is 3. The maximum atomic E-state index is 12.9. The van der Waals surface area contributed by atoms with Crippen LogP contribution in [-0.4, -0.2) is 75.6 Å². The van der Waals surface area contributed by atoms with Crippen molar-refractivity contribution >= 4 is 40.5 Å². The number of aliphatic imine (C=N–C) groups is 2. The van der Waals surface area contributed by atoms with Crippen molar-refractivity contribution in [3.05, 3.63) is 89.0 Å². The molecule has 3 rings (SSSR count). The Hall–Kier alpha value is -4.66. The molecule has 192 valence electrons. The van der Waals surface area contributed by atoms with Crippen molar-refractivity contribution in [2.45, 2.75) is 0 Å². The number of amidine groups is 2. The van der Waals surface area contributed by atoms with Gasteiger partial charge in [-0.3, -0.25) is 19.6 Å². The molecule has 0 aliphatic carbocycles. The molecular formula is C28H33N7O2. The van der Waals surface area contributed by atoms with Gasteiger partial charge in [0.25, 0.3) is 11.8 Å². The molecule has 3 aromatic rings. The lowest BCUT2D eigenvalue weighted by atomic mass is 10.1. The topological polar surface area (TPSA) is 115 Å². The van der Waals surface area contributed by atoms with Crippen LogP contribution in [0.4, 0.5) is 17.1 Å². The molecule has 0 aliphatic heterocycles. The molecular weight excluding hydrogens is 466 g/mol. The van der Waals surface area contributed by atoms with Crippen LogP contribution in [0.2, 0.25) is 0 Å². The van der Waals surface area contributed by atoms with Gasteiger partial charge in [0.05, 0.1) is 0 Å². The van der Waals surface area contributed by atoms with Gasteiger partial charge in [-0.1, -0.05) is 0 Å². The van der Waals surface area contributed by atoms with Crippen molar-refractivity contribution < 1.29 is 9.59 Å². The summed E-state index contributed by atoms with van der Waals surface area (Å²) in [4.78, 5) is 38.2. The van der Waals surface area contributed by atoms with E-state index in [1.807, 2.05) is 62.3 Å². The van der Waals surface area contributed by atoms with E-state index in [4.69, 9.17) is 5.73 Å². The van der Waals surface area contributed by atoms with E-state index in [9.17, 15) is 9.59 Å². The van der Waals surface area contributed by atoms with E-state index in [0.717, 1.165) is 22.8 Å². The van der Waals surface area contributed by atoms with Gasteiger partial charge in [-0.15, -0.1) is 0 Å². The summed E-state index contributed by atoms with van der Waals surface area (Å²) >= 11 is 0. The second-order valence-electron chi connectivity index (χ2n) is 8.79. The fourth-order valence-corrected chi connectivity index (χ4v) is 3.90. The molecule has 0 bridgehead atoms. The number of nitrogens with zero attached hydrogens (tertiary/aromatic N) is 4. The Morgan fingerprint density at radius 1 is 0.622 bits per heavy atom. The normalized spacial score (nSPS) is 11.6. The Morgan fingerprint density at radius 2 is 0.973 bits per heavy atom. The van der Waals surface area contributed by atoms with Crippen molar-refractivity contribution in [3.63, 3.8) is 0 Å². The molecule has 0 radical (unpaired) electrons. The summed E-state index contributed by atoms with van der Waals surface area (Å²) < 4.78 is 0. The molecule has 37 heavy (non-hydrogen) atoms. The minimum Gasteiger partial charge on any atom is -0.399 e. The molecule has 0 unspecified atom stereocenters. The maximum Gasteiger partial charge on any atom is 0.255 e. The lowest BCUT2D eigenvalue weighted by Gasteiger charge is -2.16. The first kappa shape index (κ1) is 26.9. The van der Waals surface area contributed by atoms with E-state index in [2.05, 4.69) is 20.6 Å². The zero-order valence-electron chi connectivity index (χ0n) is 22.0. The van der Waals surface area contributed by atoms with Crippen LogP contribution >= 0.6 is 0 Å². The van der Waals surface area contributed by atoms with Gasteiger partial charge in [0, 0.05) is 81.6 Å². The summed E-state index contributed by atoms with van der Waals surface area (Å²) in [5, 5.41) is 5.70. The first-order valence-electron chi connectivity index (χ1n) is 11.6. The first-order valence-corrected chi connectivity index (χ1v) is 11.6. The second kappa shape index (κ2) is 11.9. The predicted octanol–water partition coefficient (Wildman–Crippen LogP) is 3.65. The van der Waals surface area contributed by atoms with E-state index < -0.39 is 0 Å². The number of anilines is 3. The monoisotopic (exact) mass is 499 g/mol. The minimum atomic E-state index is -0.370. The number of rotatable bonds is 6. The number of nitrogens with one attached hydrogen (secondary N) is 2. The number of hydrogen-bond acceptors (Lipinski definition) is 5. The highest BCUT2D eigenvalue weighted by atomic mass is 16.2. The second-order valence-corrected chi connectivity index (χ2v) is 8.79. The van der Waals surface area contributed by atoms with E-state index in [1.54, 1.807) is 38.4 Å². The zero-order chi connectivity index (χ0) is 27.1. The van der Waals surface area contributed by atoms with Crippen LogP contribution in [0.1, 0.15) is 31.8 Å². The molecule has 0 saturated carbocycles. The highest BCUT2D eigenvalue weighted by Crippen LogP contribution is 2.18. The van der Waals surface area contributed by atoms with E-state index in [1.165, 1.54) is 18.2 Å². The lowest BCUT2D eigenvalue weighted by Crippen LogP contribution is -2.23. The number of carbonyl (C=O) groups is 2. The Labute approximate surface area is 217 Å². The van der Waals surface area contributed by atoms with Crippen molar-refractivity contribution in [2.75, 3.05) is 58.7 Å². The number of nitrogens with two attached hydrogens (primary N) is 1. The smallest absolute Gasteiger partial charge is 0.255 e. The fourth-order valence-electron chi connectivity index (χ4n) is 3.90. The van der Waals surface area contributed by atoms with Crippen LogP contribution in [-0.2, 0) is 0 Å². The summed E-state index contributed by atoms with van der Waals surface area (Å²) in [6, 6.07) is 19.3. The van der Waals surface area contributed by atoms with Crippen LogP contribution in [0.3, 0.4) is 0 Å². The third-order valence-electron chi connectivity index (χ3n) is 5.55. The Kier molecular flexibility index (Phi) is 8.63. The van der Waals surface area contributed by atoms with Gasteiger partial charge in [0.2, 0.25) is 0 Å². The van der Waals surface area contributed by atoms with Crippen LogP contribution in [0, 0.1) is 0 Å². The largest absolute Gasteiger partial charge is 0.399 e. The molecule has 2 amide bonds. The fraction of sp³-hybridized carbons (Fsp3) is 0.214. The SMILES string of the molecule is CN=C(c1ccc(NC(=O)c2cc(N)cc(C(=O)Nc3ccc(C(=NC)N(C)C)cc3)c2)cc1)N(C)C. The summed E-state index contributed by atoms with van der Waals surface area (Å²) in [6.45, 7) is 0. The molecule has 4 N–H and O–H groups in total. The van der Waals surface area contributed by atoms with Crippen LogP contribution in [0.5, 0.6) is 0 Å². The molecule has 0 heterocycles. The summed E-state index contributed by atoms with van der Waals surface area (Å²) in [7, 11) is 11.1. The van der Waals surface area contributed by atoms with Crippen LogP contribution in [0.25, 0.3) is 0 Å². The summed E-state index contributed by atoms with van der Waals surface area (Å²) in [5.41, 5.74) is 9.99. The molecule has 0 atom stereocenters. The molecule has 0 fully saturated rings. The van der Waals surface area contributed by atoms with Crippen molar-refractivity contribution in [1.29, 1.82) is 0 Å². The van der Waals surface area contributed by atoms with Gasteiger partial charge in [0.15, 0.2) is 0 Å². The number of carbonyl (C=O) groups excluding carboxylic acids is 2. The van der Waals surface area contributed by atoms with E-state index in [0.29, 0.717) is 17.1 Å². The average Bonchev–Trinajstić information content (AvgIpc) is 2.86. The Balaban J connectivity index is 1.73. The van der Waals surface area contributed by atoms with Gasteiger partial charge in [0.1, 0.15) is 11.7 Å². The molecule has 0 saturated heterocycles. The summed E-state index contributed by atoms with van der Waals surface area (Å²) in [5.74, 6) is 0.919. The standard InChI is InChI=1S/C28H33N7O2/c1-30-25(34(3)4)18-7-11-23(12-8-18)32-27(36)20-15-21(17-22(29)16-20)28(37)33-24-13-9-19(10-14-24)26(31-2)35(5)6/h7-17H,29H2,1-6H3,(H,32,36)(H,33,37). The predicted molar refractivity (Wildman–Crippen MR) is 152 cm³/mol. The number of amides is 2. The summed E-state index contributed by atoms with van der Waals surface area (Å²) in [6.07, 6.45) is 0. The third-order valence-corrected chi connectivity index (χ3v) is 5.55. The molecule has 9 heteroatoms. The maximum absolute atomic E-state index is 12.9. The highest BCUT2D eigenvalue weighted by Gasteiger charge is 2.14. The minimum absolute atomic E-state index is 0.281. The van der Waals surface area contributed by atoms with E-state index in [-0.39, 0.29) is 22.9 Å². The van der Waals surface area contributed by atoms with Crippen molar-refractivity contribution in [3.8, 4) is 0 Å². The Morgan fingerprint density at radius 3 is 1.27 bits per heavy atom. The quantitative estimate of drug-likeness (QED) is 0.272. The number of benzene rings is 3. The first-order chi connectivity index (χ1) is 17.6. The van der Waals surface area contributed by atoms with Gasteiger partial charge in [-0.2, -0.15) is 0 Å². The third kappa shape index (κ3) is 6.72. The highest BCUT2D eigenvalue weighted by molar-refractivity contribution is 6.10. The lowest BCUT2D eigenvalue weighted by molar-refractivity contribution is 0.102. The van der Waals surface area contributed by atoms with Crippen molar-refractivity contribution in [1.82, 2.24) is 9.80 Å². The van der Waals surface area contributed by atoms with Gasteiger partial charge in [-0.05, 0) is 66.7 Å². The average molecular weight is 500 g/mol. The number of nitrogen functional groups attached to an aromatic ring is 1. The molecule has 0 aromatic heterocycles. The van der Waals surface area contributed by atoms with Crippen LogP contribution in [0.15, 0.2) is 76.7 Å². The van der Waals surface area contributed by atoms with Gasteiger partial charge in [-0.25, -0.2) is 0 Å². The molecule has 0 spiro atoms. The van der Waals surface area contributed by atoms with E-state index >= 15 is 0 Å². The zero-order valence-corrected chi connectivity index (χ0v) is 22.0. The molecule has 9 nitrogen and oxygen atoms in total. The molecule has 3 aromatic carbocycles. The van der Waals surface area contributed by atoms with Gasteiger partial charge >= 0.3 is 0 Å². The molecule has 0 aliphatic rings. The Bertz CT molecular complexity index is 1230. The van der Waals surface area contributed by atoms with Crippen LogP contribution < -0.4 is 16.4 Å². The van der Waals surface area contributed by atoms with Gasteiger partial charge < -0.3 is 26.2 Å².